The van der Waals surface area contributed by atoms with Crippen molar-refractivity contribution in [3.05, 3.63) is 71.9 Å². The third kappa shape index (κ3) is 2.86. The first kappa shape index (κ1) is 13.9. The van der Waals surface area contributed by atoms with E-state index in [-0.39, 0.29) is 5.56 Å². The van der Waals surface area contributed by atoms with Crippen molar-refractivity contribution < 1.29 is 9.90 Å². The lowest BCUT2D eigenvalue weighted by Gasteiger charge is -2.05. The van der Waals surface area contributed by atoms with E-state index in [0.29, 0.717) is 5.82 Å². The van der Waals surface area contributed by atoms with Gasteiger partial charge in [-0.15, -0.1) is 0 Å². The van der Waals surface area contributed by atoms with Crippen molar-refractivity contribution in [2.45, 2.75) is 6.92 Å². The van der Waals surface area contributed by atoms with Crippen molar-refractivity contribution in [3.8, 4) is 22.6 Å². The number of benzene rings is 2. The standard InChI is InChI=1S/C18H14N2O2/c1-12-2-4-13(5-3-12)16-10-11-19-17(20-16)14-6-8-15(9-7-14)18(21)22/h2-11H,1H3,(H,21,22). The fourth-order valence-corrected chi connectivity index (χ4v) is 2.14. The van der Waals surface area contributed by atoms with Crippen LogP contribution in [0.15, 0.2) is 60.8 Å². The number of aryl methyl sites for hydroxylation is 1. The Morgan fingerprint density at radius 1 is 0.909 bits per heavy atom. The Bertz CT molecular complexity index is 809. The number of carbonyl (C=O) groups is 1. The second kappa shape index (κ2) is 5.77. The van der Waals surface area contributed by atoms with Gasteiger partial charge in [0.15, 0.2) is 5.82 Å². The van der Waals surface area contributed by atoms with E-state index in [2.05, 4.69) is 9.97 Å². The maximum absolute atomic E-state index is 10.9. The lowest BCUT2D eigenvalue weighted by Crippen LogP contribution is -1.96. The highest BCUT2D eigenvalue weighted by molar-refractivity contribution is 5.88. The van der Waals surface area contributed by atoms with E-state index >= 15 is 0 Å². The largest absolute Gasteiger partial charge is 0.478 e. The summed E-state index contributed by atoms with van der Waals surface area (Å²) in [5.41, 5.74) is 4.10. The average Bonchev–Trinajstić information content (AvgIpc) is 2.56. The van der Waals surface area contributed by atoms with Gasteiger partial charge in [-0.1, -0.05) is 42.0 Å². The van der Waals surface area contributed by atoms with Crippen LogP contribution in [0.2, 0.25) is 0 Å². The molecule has 0 aliphatic carbocycles. The molecule has 1 aromatic heterocycles. The quantitative estimate of drug-likeness (QED) is 0.796. The summed E-state index contributed by atoms with van der Waals surface area (Å²) in [5, 5.41) is 8.93. The minimum absolute atomic E-state index is 0.249. The third-order valence-electron chi connectivity index (χ3n) is 3.39. The lowest BCUT2D eigenvalue weighted by molar-refractivity contribution is 0.0697. The van der Waals surface area contributed by atoms with Gasteiger partial charge in [0.25, 0.3) is 0 Å². The van der Waals surface area contributed by atoms with E-state index in [1.54, 1.807) is 30.5 Å². The van der Waals surface area contributed by atoms with Crippen molar-refractivity contribution in [1.82, 2.24) is 9.97 Å². The van der Waals surface area contributed by atoms with Crippen LogP contribution < -0.4 is 0 Å². The summed E-state index contributed by atoms with van der Waals surface area (Å²) < 4.78 is 0. The molecule has 0 fully saturated rings. The minimum atomic E-state index is -0.944. The molecule has 0 bridgehead atoms. The van der Waals surface area contributed by atoms with E-state index < -0.39 is 5.97 Å². The van der Waals surface area contributed by atoms with E-state index in [0.717, 1.165) is 16.8 Å². The van der Waals surface area contributed by atoms with Crippen LogP contribution in [0.5, 0.6) is 0 Å². The van der Waals surface area contributed by atoms with Crippen LogP contribution in [-0.2, 0) is 0 Å². The molecule has 2 aromatic carbocycles. The van der Waals surface area contributed by atoms with Gasteiger partial charge >= 0.3 is 5.97 Å². The van der Waals surface area contributed by atoms with Gasteiger partial charge in [-0.2, -0.15) is 0 Å². The Hall–Kier alpha value is -3.01. The number of carboxylic acid groups (broad SMARTS) is 1. The van der Waals surface area contributed by atoms with Gasteiger partial charge in [0.05, 0.1) is 11.3 Å². The lowest BCUT2D eigenvalue weighted by atomic mass is 10.1. The third-order valence-corrected chi connectivity index (χ3v) is 3.39. The van der Waals surface area contributed by atoms with Gasteiger partial charge in [-0.25, -0.2) is 14.8 Å². The van der Waals surface area contributed by atoms with E-state index in [1.165, 1.54) is 5.56 Å². The fourth-order valence-electron chi connectivity index (χ4n) is 2.14. The Labute approximate surface area is 128 Å². The van der Waals surface area contributed by atoms with Gasteiger partial charge in [0, 0.05) is 17.3 Å². The molecule has 0 unspecified atom stereocenters. The zero-order valence-corrected chi connectivity index (χ0v) is 12.0. The zero-order valence-electron chi connectivity index (χ0n) is 12.0. The molecule has 1 N–H and O–H groups in total. The molecule has 4 nitrogen and oxygen atoms in total. The Balaban J connectivity index is 1.97. The molecule has 0 saturated carbocycles. The summed E-state index contributed by atoms with van der Waals surface area (Å²) in [6.07, 6.45) is 1.71. The van der Waals surface area contributed by atoms with E-state index in [9.17, 15) is 4.79 Å². The highest BCUT2D eigenvalue weighted by Crippen LogP contribution is 2.21. The molecule has 108 valence electrons. The van der Waals surface area contributed by atoms with Crippen molar-refractivity contribution in [3.63, 3.8) is 0 Å². The molecule has 0 saturated heterocycles. The predicted molar refractivity (Wildman–Crippen MR) is 84.6 cm³/mol. The molecule has 0 aliphatic rings. The molecule has 3 aromatic rings. The van der Waals surface area contributed by atoms with E-state index in [1.807, 2.05) is 37.3 Å². The second-order valence-corrected chi connectivity index (χ2v) is 5.01. The highest BCUT2D eigenvalue weighted by Gasteiger charge is 2.07. The maximum Gasteiger partial charge on any atom is 0.335 e. The smallest absolute Gasteiger partial charge is 0.335 e. The van der Waals surface area contributed by atoms with Gasteiger partial charge in [-0.05, 0) is 25.1 Å². The molecular formula is C18H14N2O2. The number of hydrogen-bond donors (Lipinski definition) is 1. The summed E-state index contributed by atoms with van der Waals surface area (Å²) in [6, 6.07) is 16.5. The predicted octanol–water partition coefficient (Wildman–Crippen LogP) is 3.82. The van der Waals surface area contributed by atoms with Crippen LogP contribution in [0.3, 0.4) is 0 Å². The first-order valence-electron chi connectivity index (χ1n) is 6.87. The molecule has 0 aliphatic heterocycles. The summed E-state index contributed by atoms with van der Waals surface area (Å²) >= 11 is 0. The normalized spacial score (nSPS) is 10.4. The Kier molecular flexibility index (Phi) is 3.66. The monoisotopic (exact) mass is 290 g/mol. The molecule has 0 atom stereocenters. The number of carboxylic acids is 1. The first-order chi connectivity index (χ1) is 10.6. The Morgan fingerprint density at radius 3 is 2.18 bits per heavy atom. The molecule has 0 radical (unpaired) electrons. The number of hydrogen-bond acceptors (Lipinski definition) is 3. The van der Waals surface area contributed by atoms with Crippen LogP contribution in [-0.4, -0.2) is 21.0 Å². The molecule has 1 heterocycles. The molecule has 3 rings (SSSR count). The van der Waals surface area contributed by atoms with Crippen LogP contribution in [0.1, 0.15) is 15.9 Å². The topological polar surface area (TPSA) is 63.1 Å². The summed E-state index contributed by atoms with van der Waals surface area (Å²) in [5.74, 6) is -0.365. The first-order valence-corrected chi connectivity index (χ1v) is 6.87. The average molecular weight is 290 g/mol. The zero-order chi connectivity index (χ0) is 15.5. The van der Waals surface area contributed by atoms with Crippen LogP contribution >= 0.6 is 0 Å². The number of rotatable bonds is 3. The fraction of sp³-hybridized carbons (Fsp3) is 0.0556. The van der Waals surface area contributed by atoms with Crippen molar-refractivity contribution >= 4 is 5.97 Å². The van der Waals surface area contributed by atoms with Crippen LogP contribution in [0.4, 0.5) is 0 Å². The SMILES string of the molecule is Cc1ccc(-c2ccnc(-c3ccc(C(=O)O)cc3)n2)cc1. The summed E-state index contributed by atoms with van der Waals surface area (Å²) in [6.45, 7) is 2.04. The highest BCUT2D eigenvalue weighted by atomic mass is 16.4. The molecule has 0 amide bonds. The molecule has 0 spiro atoms. The van der Waals surface area contributed by atoms with Gasteiger partial charge in [0.1, 0.15) is 0 Å². The number of aromatic nitrogens is 2. The molecule has 22 heavy (non-hydrogen) atoms. The van der Waals surface area contributed by atoms with Crippen LogP contribution in [0, 0.1) is 6.92 Å². The minimum Gasteiger partial charge on any atom is -0.478 e. The van der Waals surface area contributed by atoms with E-state index in [4.69, 9.17) is 5.11 Å². The van der Waals surface area contributed by atoms with Gasteiger partial charge < -0.3 is 5.11 Å². The maximum atomic E-state index is 10.9. The Morgan fingerprint density at radius 2 is 1.55 bits per heavy atom. The summed E-state index contributed by atoms with van der Waals surface area (Å²) in [7, 11) is 0. The molecular weight excluding hydrogens is 276 g/mol. The number of nitrogens with zero attached hydrogens (tertiary/aromatic N) is 2. The second-order valence-electron chi connectivity index (χ2n) is 5.01. The molecule has 4 heteroatoms. The van der Waals surface area contributed by atoms with Crippen LogP contribution in [0.25, 0.3) is 22.6 Å². The van der Waals surface area contributed by atoms with Crippen molar-refractivity contribution in [1.29, 1.82) is 0 Å². The van der Waals surface area contributed by atoms with Gasteiger partial charge in [-0.3, -0.25) is 0 Å². The van der Waals surface area contributed by atoms with Gasteiger partial charge in [0.2, 0.25) is 0 Å². The summed E-state index contributed by atoms with van der Waals surface area (Å²) in [4.78, 5) is 19.7. The van der Waals surface area contributed by atoms with Crippen molar-refractivity contribution in [2.75, 3.05) is 0 Å². The number of aromatic carboxylic acids is 1. The van der Waals surface area contributed by atoms with Crippen molar-refractivity contribution in [2.24, 2.45) is 0 Å².